The van der Waals surface area contributed by atoms with Gasteiger partial charge in [0, 0.05) is 30.1 Å². The number of unbranched alkanes of at least 4 members (excludes halogenated alkanes) is 2. The molecule has 1 N–H and O–H groups in total. The molecule has 1 aliphatic heterocycles. The summed E-state index contributed by atoms with van der Waals surface area (Å²) >= 11 is 1.62. The first-order valence-electron chi connectivity index (χ1n) is 14.4. The monoisotopic (exact) mass is 581 g/mol. The second-order valence-corrected chi connectivity index (χ2v) is 12.1. The molecule has 1 fully saturated rings. The second-order valence-electron chi connectivity index (χ2n) is 11.2. The maximum absolute atomic E-state index is 13.5. The number of methoxy groups -OCH3 is 2. The summed E-state index contributed by atoms with van der Waals surface area (Å²) in [6.07, 6.45) is 7.29. The van der Waals surface area contributed by atoms with E-state index in [0.29, 0.717) is 25.3 Å². The number of hydrogen-bond donors (Lipinski definition) is 1. The van der Waals surface area contributed by atoms with E-state index >= 15 is 0 Å². The van der Waals surface area contributed by atoms with Crippen LogP contribution < -0.4 is 10.1 Å². The van der Waals surface area contributed by atoms with Gasteiger partial charge in [0.25, 0.3) is 0 Å². The Labute approximate surface area is 247 Å². The smallest absolute Gasteiger partial charge is 0.309 e. The van der Waals surface area contributed by atoms with Gasteiger partial charge in [0.15, 0.2) is 0 Å². The maximum Gasteiger partial charge on any atom is 0.309 e. The zero-order valence-corrected chi connectivity index (χ0v) is 25.9. The summed E-state index contributed by atoms with van der Waals surface area (Å²) in [4.78, 5) is 32.9. The number of fused-ring (bicyclic) bond motifs is 1. The molecular formula is C32H43N3O5S. The predicted octanol–water partition coefficient (Wildman–Crippen LogP) is 6.49. The van der Waals surface area contributed by atoms with Crippen LogP contribution in [0.15, 0.2) is 36.2 Å². The van der Waals surface area contributed by atoms with E-state index < -0.39 is 11.8 Å². The molecule has 0 bridgehead atoms. The molecule has 4 rings (SSSR count). The van der Waals surface area contributed by atoms with Crippen molar-refractivity contribution in [2.24, 2.45) is 11.8 Å². The fourth-order valence-electron chi connectivity index (χ4n) is 5.67. The van der Waals surface area contributed by atoms with Gasteiger partial charge in [-0.2, -0.15) is 0 Å². The third-order valence-electron chi connectivity index (χ3n) is 8.08. The summed E-state index contributed by atoms with van der Waals surface area (Å²) in [5, 5.41) is 6.70. The lowest BCUT2D eigenvalue weighted by Crippen LogP contribution is -2.37. The first-order chi connectivity index (χ1) is 19.7. The average Bonchev–Trinajstić information content (AvgIpc) is 3.63. The van der Waals surface area contributed by atoms with Crippen molar-refractivity contribution in [1.29, 1.82) is 0 Å². The van der Waals surface area contributed by atoms with Gasteiger partial charge in [0.2, 0.25) is 5.91 Å². The largest absolute Gasteiger partial charge is 0.496 e. The normalized spacial score (nSPS) is 21.5. The summed E-state index contributed by atoms with van der Waals surface area (Å²) in [5.41, 5.74) is 3.89. The van der Waals surface area contributed by atoms with Crippen molar-refractivity contribution in [3.8, 4) is 5.75 Å². The molecule has 1 aromatic carbocycles. The first kappa shape index (κ1) is 30.6. The molecule has 1 aliphatic carbocycles. The van der Waals surface area contributed by atoms with Gasteiger partial charge >= 0.3 is 5.97 Å². The van der Waals surface area contributed by atoms with E-state index in [1.165, 1.54) is 7.11 Å². The quantitative estimate of drug-likeness (QED) is 0.174. The number of nitrogens with one attached hydrogen (secondary N) is 1. The number of carbonyl (C=O) groups excluding carboxylic acids is 2. The van der Waals surface area contributed by atoms with E-state index in [4.69, 9.17) is 19.2 Å². The Kier molecular flexibility index (Phi) is 10.1. The Bertz CT molecular complexity index is 1290. The Balaban J connectivity index is 1.60. The number of benzene rings is 1. The summed E-state index contributed by atoms with van der Waals surface area (Å²) in [5.74, 6) is 0.405. The number of esters is 1. The number of carbonyl (C=O) groups is 2. The molecule has 0 spiro atoms. The fourth-order valence-corrected chi connectivity index (χ4v) is 6.67. The van der Waals surface area contributed by atoms with Crippen LogP contribution in [0.2, 0.25) is 0 Å². The molecule has 2 aromatic rings. The van der Waals surface area contributed by atoms with Crippen molar-refractivity contribution in [3.05, 3.63) is 58.1 Å². The number of thiazole rings is 1. The van der Waals surface area contributed by atoms with E-state index in [1.807, 2.05) is 32.2 Å². The van der Waals surface area contributed by atoms with Crippen LogP contribution in [-0.4, -0.2) is 55.7 Å². The highest BCUT2D eigenvalue weighted by Crippen LogP contribution is 2.44. The molecule has 2 heterocycles. The van der Waals surface area contributed by atoms with E-state index in [0.717, 1.165) is 58.3 Å². The van der Waals surface area contributed by atoms with E-state index in [2.05, 4.69) is 37.2 Å². The molecule has 1 unspecified atom stereocenters. The molecule has 4 atom stereocenters. The van der Waals surface area contributed by atoms with Crippen molar-refractivity contribution in [3.63, 3.8) is 0 Å². The minimum Gasteiger partial charge on any atom is -0.496 e. The zero-order chi connectivity index (χ0) is 29.7. The Morgan fingerprint density at radius 2 is 1.98 bits per heavy atom. The predicted molar refractivity (Wildman–Crippen MR) is 163 cm³/mol. The van der Waals surface area contributed by atoms with E-state index in [-0.39, 0.29) is 24.0 Å². The molecule has 41 heavy (non-hydrogen) atoms. The molecular weight excluding hydrogens is 538 g/mol. The number of allylic oxidation sites excluding steroid dienone is 1. The van der Waals surface area contributed by atoms with Gasteiger partial charge in [-0.25, -0.2) is 4.98 Å². The number of anilines is 1. The van der Waals surface area contributed by atoms with Crippen LogP contribution in [0, 0.1) is 18.8 Å². The lowest BCUT2D eigenvalue weighted by molar-refractivity contribution is -0.151. The Hall–Kier alpha value is -3.33. The Morgan fingerprint density at radius 1 is 1.22 bits per heavy atom. The first-order valence-corrected chi connectivity index (χ1v) is 15.3. The highest BCUT2D eigenvalue weighted by molar-refractivity contribution is 7.09. The number of ether oxygens (including phenoxy) is 3. The third kappa shape index (κ3) is 6.77. The number of hydrogen-bond acceptors (Lipinski definition) is 8. The van der Waals surface area contributed by atoms with Gasteiger partial charge in [0.05, 0.1) is 37.4 Å². The minimum atomic E-state index is -0.545. The van der Waals surface area contributed by atoms with Crippen LogP contribution >= 0.6 is 11.3 Å². The molecule has 0 saturated heterocycles. The number of nitrogens with zero attached hydrogens (tertiary/aromatic N) is 2. The second kappa shape index (κ2) is 13.6. The minimum absolute atomic E-state index is 0.0350. The molecule has 2 aliphatic rings. The summed E-state index contributed by atoms with van der Waals surface area (Å²) < 4.78 is 17.4. The Morgan fingerprint density at radius 3 is 2.63 bits per heavy atom. The van der Waals surface area contributed by atoms with Crippen LogP contribution in [-0.2, 0) is 19.1 Å². The van der Waals surface area contributed by atoms with Gasteiger partial charge in [-0.3, -0.25) is 9.59 Å². The molecule has 1 saturated carbocycles. The van der Waals surface area contributed by atoms with Crippen LogP contribution in [0.4, 0.5) is 5.69 Å². The summed E-state index contributed by atoms with van der Waals surface area (Å²) in [6.45, 7) is 10.7. The highest BCUT2D eigenvalue weighted by Gasteiger charge is 2.46. The number of rotatable bonds is 12. The van der Waals surface area contributed by atoms with Gasteiger partial charge < -0.3 is 24.4 Å². The topological polar surface area (TPSA) is 90.0 Å². The molecule has 9 heteroatoms. The number of amides is 1. The molecule has 222 valence electrons. The standard InChI is InChI=1S/C32H43N3O5S/c1-8-9-10-11-14-35(5)31(36)23-15-21(16-24(23)32(37)39-7)40-28-17-25(30-34-26(18-41-30)19(2)3)33-29-20(4)27(38-6)13-12-22(28)29/h8,12-13,17-19,21,23-25,33H,1,9-11,14-16H2,2-7H3/t21-,23+,24+,25?/m0/s1. The van der Waals surface area contributed by atoms with Crippen molar-refractivity contribution < 1.29 is 23.8 Å². The van der Waals surface area contributed by atoms with E-state index in [9.17, 15) is 9.59 Å². The maximum atomic E-state index is 13.5. The van der Waals surface area contributed by atoms with Crippen molar-refractivity contribution in [2.75, 3.05) is 33.1 Å². The van der Waals surface area contributed by atoms with Crippen LogP contribution in [0.1, 0.15) is 79.7 Å². The lowest BCUT2D eigenvalue weighted by atomic mass is 9.94. The van der Waals surface area contributed by atoms with Crippen LogP contribution in [0.25, 0.3) is 5.76 Å². The molecule has 8 nitrogen and oxygen atoms in total. The summed E-state index contributed by atoms with van der Waals surface area (Å²) in [6, 6.07) is 3.75. The van der Waals surface area contributed by atoms with Crippen molar-refractivity contribution in [1.82, 2.24) is 9.88 Å². The SMILES string of the molecule is C=CCCCCN(C)C(=O)[C@@H]1C[C@H](OC2=CC(c3nc(C(C)C)cs3)Nc3c2ccc(OC)c3C)C[C@H]1C(=O)OC. The van der Waals surface area contributed by atoms with Gasteiger partial charge in [-0.1, -0.05) is 19.9 Å². The van der Waals surface area contributed by atoms with E-state index in [1.54, 1.807) is 23.3 Å². The third-order valence-corrected chi connectivity index (χ3v) is 9.02. The van der Waals surface area contributed by atoms with Crippen molar-refractivity contribution in [2.45, 2.75) is 70.9 Å². The van der Waals surface area contributed by atoms with Gasteiger partial charge in [0.1, 0.15) is 28.7 Å². The lowest BCUT2D eigenvalue weighted by Gasteiger charge is -2.29. The van der Waals surface area contributed by atoms with Crippen LogP contribution in [0.5, 0.6) is 5.75 Å². The molecule has 0 radical (unpaired) electrons. The highest BCUT2D eigenvalue weighted by atomic mass is 32.1. The number of aromatic nitrogens is 1. The van der Waals surface area contributed by atoms with Crippen molar-refractivity contribution >= 4 is 34.7 Å². The zero-order valence-electron chi connectivity index (χ0n) is 25.1. The molecule has 1 aromatic heterocycles. The van der Waals surface area contributed by atoms with Gasteiger partial charge in [-0.05, 0) is 63.2 Å². The van der Waals surface area contributed by atoms with Crippen LogP contribution in [0.3, 0.4) is 0 Å². The average molecular weight is 582 g/mol. The molecule has 1 amide bonds. The fraction of sp³-hybridized carbons (Fsp3) is 0.531. The summed E-state index contributed by atoms with van der Waals surface area (Å²) in [7, 11) is 4.85. The van der Waals surface area contributed by atoms with Gasteiger partial charge in [-0.15, -0.1) is 17.9 Å².